The predicted molar refractivity (Wildman–Crippen MR) is 124 cm³/mol. The van der Waals surface area contributed by atoms with Crippen molar-refractivity contribution in [1.82, 2.24) is 9.80 Å². The smallest absolute Gasteiger partial charge is 0.318 e. The van der Waals surface area contributed by atoms with E-state index in [1.54, 1.807) is 17.0 Å². The highest BCUT2D eigenvalue weighted by atomic mass is 19.1. The van der Waals surface area contributed by atoms with Crippen LogP contribution in [0.3, 0.4) is 0 Å². The molecule has 0 saturated carbocycles. The van der Waals surface area contributed by atoms with Crippen molar-refractivity contribution in [2.75, 3.05) is 19.7 Å². The normalized spacial score (nSPS) is 18.0. The first-order chi connectivity index (χ1) is 17.0. The number of hydrogen-bond donors (Lipinski definition) is 1. The minimum Gasteiger partial charge on any atom is -0.481 e. The Morgan fingerprint density at radius 2 is 1.61 bits per heavy atom. The molecule has 12 nitrogen and oxygen atoms in total. The highest BCUT2D eigenvalue weighted by Crippen LogP contribution is 2.38. The maximum absolute atomic E-state index is 13.2. The molecule has 0 radical (unpaired) electrons. The molecule has 1 saturated heterocycles. The Bertz CT molecular complexity index is 1140. The molecule has 0 spiro atoms. The van der Waals surface area contributed by atoms with Gasteiger partial charge in [0.15, 0.2) is 6.61 Å². The van der Waals surface area contributed by atoms with Crippen LogP contribution in [0.5, 0.6) is 5.75 Å². The van der Waals surface area contributed by atoms with E-state index >= 15 is 0 Å². The Morgan fingerprint density at radius 3 is 2.14 bits per heavy atom. The number of carbonyl (C=O) groups is 2. The van der Waals surface area contributed by atoms with Crippen LogP contribution in [-0.2, 0) is 22.6 Å². The highest BCUT2D eigenvalue weighted by Gasteiger charge is 2.34. The van der Waals surface area contributed by atoms with Gasteiger partial charge in [0.05, 0.1) is 16.3 Å². The number of hydrogen-bond acceptors (Lipinski definition) is 8. The summed E-state index contributed by atoms with van der Waals surface area (Å²) in [6.07, 6.45) is -0.654. The third-order valence-electron chi connectivity index (χ3n) is 5.93. The number of rotatable bonds is 9. The van der Waals surface area contributed by atoms with Crippen LogP contribution in [0.1, 0.15) is 25.0 Å². The van der Waals surface area contributed by atoms with Gasteiger partial charge in [-0.1, -0.05) is 12.1 Å². The average Bonchev–Trinajstić information content (AvgIpc) is 2.80. The number of ether oxygens (including phenoxy) is 1. The van der Waals surface area contributed by atoms with Crippen molar-refractivity contribution in [2.24, 2.45) is 0 Å². The number of amides is 1. The molecule has 1 amide bonds. The topological polar surface area (TPSA) is 156 Å². The van der Waals surface area contributed by atoms with Crippen molar-refractivity contribution in [3.05, 3.63) is 73.6 Å². The fourth-order valence-corrected chi connectivity index (χ4v) is 4.16. The molecule has 2 atom stereocenters. The lowest BCUT2D eigenvalue weighted by molar-refractivity contribution is -0.396. The van der Waals surface area contributed by atoms with Gasteiger partial charge in [-0.25, -0.2) is 4.39 Å². The predicted octanol–water partition coefficient (Wildman–Crippen LogP) is 2.77. The molecule has 13 heteroatoms. The largest absolute Gasteiger partial charge is 0.481 e. The number of benzene rings is 2. The zero-order chi connectivity index (χ0) is 26.6. The van der Waals surface area contributed by atoms with E-state index in [9.17, 15) is 34.2 Å². The fraction of sp³-hybridized carbons (Fsp3) is 0.391. The van der Waals surface area contributed by atoms with Crippen LogP contribution in [0.2, 0.25) is 0 Å². The number of aliphatic carboxylic acids is 1. The molecule has 0 aliphatic carbocycles. The highest BCUT2D eigenvalue weighted by molar-refractivity contribution is 5.79. The lowest BCUT2D eigenvalue weighted by Gasteiger charge is -2.44. The van der Waals surface area contributed by atoms with Crippen LogP contribution in [-0.4, -0.2) is 68.4 Å². The van der Waals surface area contributed by atoms with Crippen molar-refractivity contribution in [3.63, 3.8) is 0 Å². The standard InChI is InChI=1S/C23H25FN4O8/c1-14-11-26(15(2)10-25(14)12-16-3-5-18(24)6-4-16)21(29)13-36-23-19(27(32)33)7-17(9-22(30)31)8-20(23)28(34)35/h3-8,14-15H,9-13H2,1-2H3,(H,30,31)/t14-,15+/m1/s1. The van der Waals surface area contributed by atoms with Gasteiger partial charge in [-0.2, -0.15) is 0 Å². The Hall–Kier alpha value is -4.13. The average molecular weight is 504 g/mol. The summed E-state index contributed by atoms with van der Waals surface area (Å²) in [5, 5.41) is 32.0. The second-order valence-electron chi connectivity index (χ2n) is 8.64. The number of carboxylic acids is 1. The zero-order valence-corrected chi connectivity index (χ0v) is 19.6. The van der Waals surface area contributed by atoms with Crippen molar-refractivity contribution in [1.29, 1.82) is 0 Å². The Kier molecular flexibility index (Phi) is 8.14. The Morgan fingerprint density at radius 1 is 1.03 bits per heavy atom. The maximum Gasteiger partial charge on any atom is 0.318 e. The lowest BCUT2D eigenvalue weighted by Crippen LogP contribution is -2.58. The van der Waals surface area contributed by atoms with Crippen LogP contribution in [0.15, 0.2) is 36.4 Å². The molecule has 1 aliphatic heterocycles. The van der Waals surface area contributed by atoms with Gasteiger partial charge < -0.3 is 14.7 Å². The van der Waals surface area contributed by atoms with Crippen LogP contribution in [0.4, 0.5) is 15.8 Å². The minimum atomic E-state index is -1.32. The molecule has 0 unspecified atom stereocenters. The van der Waals surface area contributed by atoms with E-state index in [1.165, 1.54) is 12.1 Å². The second-order valence-corrected chi connectivity index (χ2v) is 8.64. The van der Waals surface area contributed by atoms with Gasteiger partial charge in [0.2, 0.25) is 0 Å². The maximum atomic E-state index is 13.2. The van der Waals surface area contributed by atoms with E-state index in [0.29, 0.717) is 19.6 Å². The minimum absolute atomic E-state index is 0.0609. The molecule has 1 heterocycles. The summed E-state index contributed by atoms with van der Waals surface area (Å²) >= 11 is 0. The quantitative estimate of drug-likeness (QED) is 0.400. The molecular formula is C23H25FN4O8. The van der Waals surface area contributed by atoms with E-state index < -0.39 is 51.9 Å². The number of nitro benzene ring substituents is 2. The van der Waals surface area contributed by atoms with E-state index in [-0.39, 0.29) is 23.5 Å². The van der Waals surface area contributed by atoms with Gasteiger partial charge in [-0.05, 0) is 37.1 Å². The number of carbonyl (C=O) groups excluding carboxylic acids is 1. The van der Waals surface area contributed by atoms with Gasteiger partial charge in [0.1, 0.15) is 5.82 Å². The van der Waals surface area contributed by atoms with Crippen LogP contribution in [0, 0.1) is 26.0 Å². The summed E-state index contributed by atoms with van der Waals surface area (Å²) < 4.78 is 18.5. The van der Waals surface area contributed by atoms with Gasteiger partial charge in [-0.15, -0.1) is 0 Å². The van der Waals surface area contributed by atoms with Crippen LogP contribution >= 0.6 is 0 Å². The Balaban J connectivity index is 1.72. The number of piperazine rings is 1. The molecule has 0 bridgehead atoms. The van der Waals surface area contributed by atoms with Gasteiger partial charge >= 0.3 is 17.3 Å². The summed E-state index contributed by atoms with van der Waals surface area (Å²) in [4.78, 5) is 48.8. The van der Waals surface area contributed by atoms with E-state index in [1.807, 2.05) is 13.8 Å². The number of nitro groups is 2. The van der Waals surface area contributed by atoms with Crippen molar-refractivity contribution in [3.8, 4) is 5.75 Å². The molecule has 3 rings (SSSR count). The van der Waals surface area contributed by atoms with E-state index in [4.69, 9.17) is 9.84 Å². The van der Waals surface area contributed by atoms with E-state index in [0.717, 1.165) is 17.7 Å². The lowest BCUT2D eigenvalue weighted by atomic mass is 10.1. The second kappa shape index (κ2) is 11.1. The first kappa shape index (κ1) is 26.5. The Labute approximate surface area is 205 Å². The fourth-order valence-electron chi connectivity index (χ4n) is 4.16. The first-order valence-electron chi connectivity index (χ1n) is 11.0. The SMILES string of the molecule is C[C@@H]1CN(C(=O)COc2c([N+](=O)[O-])cc(CC(=O)O)cc2[N+](=O)[O-])[C@@H](C)CN1Cc1ccc(F)cc1. The summed E-state index contributed by atoms with van der Waals surface area (Å²) in [6.45, 7) is 4.47. The summed E-state index contributed by atoms with van der Waals surface area (Å²) in [6, 6.07) is 7.62. The van der Waals surface area contributed by atoms with Gasteiger partial charge in [-0.3, -0.25) is 34.7 Å². The van der Waals surface area contributed by atoms with Crippen molar-refractivity contribution < 1.29 is 33.7 Å². The monoisotopic (exact) mass is 504 g/mol. The number of nitrogens with zero attached hydrogens (tertiary/aromatic N) is 4. The zero-order valence-electron chi connectivity index (χ0n) is 19.6. The van der Waals surface area contributed by atoms with Crippen LogP contribution in [0.25, 0.3) is 0 Å². The van der Waals surface area contributed by atoms with Crippen molar-refractivity contribution in [2.45, 2.75) is 38.9 Å². The summed E-state index contributed by atoms with van der Waals surface area (Å²) in [7, 11) is 0. The summed E-state index contributed by atoms with van der Waals surface area (Å²) in [5.74, 6) is -2.85. The number of halogens is 1. The van der Waals surface area contributed by atoms with Gasteiger partial charge in [0.25, 0.3) is 11.7 Å². The van der Waals surface area contributed by atoms with Gasteiger partial charge in [0, 0.05) is 43.9 Å². The molecule has 36 heavy (non-hydrogen) atoms. The van der Waals surface area contributed by atoms with Crippen LogP contribution < -0.4 is 4.74 Å². The molecule has 2 aromatic carbocycles. The molecule has 1 aliphatic rings. The molecule has 192 valence electrons. The molecule has 1 N–H and O–H groups in total. The van der Waals surface area contributed by atoms with Crippen molar-refractivity contribution >= 4 is 23.3 Å². The molecular weight excluding hydrogens is 479 g/mol. The third kappa shape index (κ3) is 6.30. The molecule has 1 fully saturated rings. The van der Waals surface area contributed by atoms with E-state index in [2.05, 4.69) is 4.90 Å². The first-order valence-corrected chi connectivity index (χ1v) is 11.0. The number of carboxylic acid groups (broad SMARTS) is 1. The summed E-state index contributed by atoms with van der Waals surface area (Å²) in [5.41, 5.74) is -0.804. The molecule has 2 aromatic rings. The molecule has 0 aromatic heterocycles. The third-order valence-corrected chi connectivity index (χ3v) is 5.93.